The van der Waals surface area contributed by atoms with E-state index >= 15 is 0 Å². The van der Waals surface area contributed by atoms with Gasteiger partial charge in [0.25, 0.3) is 0 Å². The predicted molar refractivity (Wildman–Crippen MR) is 218 cm³/mol. The van der Waals surface area contributed by atoms with Gasteiger partial charge in [-0.1, -0.05) is 64.2 Å². The van der Waals surface area contributed by atoms with E-state index in [-0.39, 0.29) is 0 Å². The molecule has 0 aliphatic heterocycles. The van der Waals surface area contributed by atoms with Crippen molar-refractivity contribution < 1.29 is 0 Å². The second-order valence-corrected chi connectivity index (χ2v) is 25.9. The highest BCUT2D eigenvalue weighted by Gasteiger charge is 2.80. The maximum atomic E-state index is 1.74. The summed E-state index contributed by atoms with van der Waals surface area (Å²) in [4.78, 5) is 0. The fourth-order valence-corrected chi connectivity index (χ4v) is 26.4. The van der Waals surface area contributed by atoms with E-state index in [0.717, 1.165) is 29.1 Å². The van der Waals surface area contributed by atoms with Crippen molar-refractivity contribution in [3.8, 4) is 0 Å². The van der Waals surface area contributed by atoms with E-state index in [4.69, 9.17) is 0 Å². The molecule has 54 heavy (non-hydrogen) atoms. The van der Waals surface area contributed by atoms with Crippen LogP contribution in [0.5, 0.6) is 0 Å². The summed E-state index contributed by atoms with van der Waals surface area (Å²) in [5, 5.41) is 0. The molecule has 26 unspecified atom stereocenters. The van der Waals surface area contributed by atoms with Crippen molar-refractivity contribution in [3.63, 3.8) is 0 Å². The van der Waals surface area contributed by atoms with Crippen molar-refractivity contribution in [1.82, 2.24) is 0 Å². The Bertz CT molecular complexity index is 1400. The van der Waals surface area contributed by atoms with Crippen molar-refractivity contribution in [1.29, 1.82) is 0 Å². The van der Waals surface area contributed by atoms with Crippen molar-refractivity contribution in [3.05, 3.63) is 0 Å². The van der Waals surface area contributed by atoms with E-state index in [2.05, 4.69) is 0 Å². The van der Waals surface area contributed by atoms with Crippen LogP contribution in [0.3, 0.4) is 0 Å². The number of hydrogen-bond acceptors (Lipinski definition) is 0. The molecule has 15 rings (SSSR count). The van der Waals surface area contributed by atoms with Crippen LogP contribution in [0, 0.1) is 159 Å². The summed E-state index contributed by atoms with van der Waals surface area (Å²) < 4.78 is 0. The van der Waals surface area contributed by atoms with Gasteiger partial charge < -0.3 is 0 Å². The summed E-state index contributed by atoms with van der Waals surface area (Å²) in [5.74, 6) is 30.6. The summed E-state index contributed by atoms with van der Waals surface area (Å²) in [7, 11) is 0. The van der Waals surface area contributed by atoms with Crippen LogP contribution in [0.25, 0.3) is 0 Å². The number of fused-ring (bicyclic) bond motifs is 18. The third-order valence-electron chi connectivity index (χ3n) is 26.0. The Morgan fingerprint density at radius 2 is 0.611 bits per heavy atom. The van der Waals surface area contributed by atoms with E-state index in [0.29, 0.717) is 0 Å². The van der Waals surface area contributed by atoms with Crippen LogP contribution in [-0.4, -0.2) is 0 Å². The van der Waals surface area contributed by atoms with Crippen molar-refractivity contribution >= 4 is 0 Å². The fraction of sp³-hybridized carbons (Fsp3) is 1.00. The molecular weight excluding hydrogens is 649 g/mol. The van der Waals surface area contributed by atoms with Crippen LogP contribution in [0.4, 0.5) is 0 Å². The minimum absolute atomic E-state index is 0.802. The highest BCUT2D eigenvalue weighted by molar-refractivity contribution is 5.28. The van der Waals surface area contributed by atoms with Gasteiger partial charge in [-0.15, -0.1) is 0 Å². The lowest BCUT2D eigenvalue weighted by Gasteiger charge is -2.77. The summed E-state index contributed by atoms with van der Waals surface area (Å²) in [6.45, 7) is 0. The molecule has 15 aliphatic rings. The Morgan fingerprint density at radius 1 is 0.222 bits per heavy atom. The summed E-state index contributed by atoms with van der Waals surface area (Å²) >= 11 is 0. The van der Waals surface area contributed by atoms with Crippen LogP contribution in [0.2, 0.25) is 0 Å². The molecule has 0 amide bonds. The van der Waals surface area contributed by atoms with Crippen LogP contribution >= 0.6 is 0 Å². The Morgan fingerprint density at radius 3 is 1.11 bits per heavy atom. The minimum Gasteiger partial charge on any atom is -0.0530 e. The maximum absolute atomic E-state index is 1.74. The summed E-state index contributed by atoms with van der Waals surface area (Å²) in [6, 6.07) is 0. The molecule has 1 spiro atoms. The molecular formula is C54H80. The van der Waals surface area contributed by atoms with Crippen LogP contribution in [-0.2, 0) is 0 Å². The lowest BCUT2D eigenvalue weighted by Crippen LogP contribution is -2.72. The zero-order valence-corrected chi connectivity index (χ0v) is 34.6. The van der Waals surface area contributed by atoms with Gasteiger partial charge in [0.15, 0.2) is 0 Å². The van der Waals surface area contributed by atoms with Crippen molar-refractivity contribution in [2.24, 2.45) is 159 Å². The van der Waals surface area contributed by atoms with E-state index in [1.807, 2.05) is 0 Å². The maximum Gasteiger partial charge on any atom is -0.0168 e. The number of rotatable bonds is 0. The average Bonchev–Trinajstić information content (AvgIpc) is 3.97. The molecule has 296 valence electrons. The van der Waals surface area contributed by atoms with Gasteiger partial charge in [0, 0.05) is 0 Å². The molecule has 15 fully saturated rings. The van der Waals surface area contributed by atoms with Crippen LogP contribution < -0.4 is 0 Å². The summed E-state index contributed by atoms with van der Waals surface area (Å²) in [6.07, 6.45) is 45.0. The Labute approximate surface area is 331 Å². The zero-order chi connectivity index (χ0) is 34.6. The molecule has 0 aromatic rings. The van der Waals surface area contributed by atoms with Crippen molar-refractivity contribution in [2.75, 3.05) is 0 Å². The Kier molecular flexibility index (Phi) is 7.07. The zero-order valence-electron chi connectivity index (χ0n) is 34.6. The molecule has 0 heteroatoms. The minimum atomic E-state index is 0.802. The smallest absolute Gasteiger partial charge is 0.0168 e. The van der Waals surface area contributed by atoms with E-state index < -0.39 is 0 Å². The third kappa shape index (κ3) is 3.83. The van der Waals surface area contributed by atoms with E-state index in [1.54, 1.807) is 173 Å². The second-order valence-electron chi connectivity index (χ2n) is 25.9. The number of hydrogen-bond donors (Lipinski definition) is 0. The molecule has 0 nitrogen and oxygen atoms in total. The first-order valence-corrected chi connectivity index (χ1v) is 26.8. The quantitative estimate of drug-likeness (QED) is 0.233. The van der Waals surface area contributed by atoms with Gasteiger partial charge in [0.1, 0.15) is 0 Å². The molecule has 0 aromatic heterocycles. The first-order valence-electron chi connectivity index (χ1n) is 26.8. The molecule has 0 bridgehead atoms. The molecule has 0 N–H and O–H groups in total. The third-order valence-corrected chi connectivity index (χ3v) is 26.0. The van der Waals surface area contributed by atoms with Crippen LogP contribution in [0.15, 0.2) is 0 Å². The summed E-state index contributed by atoms with van der Waals surface area (Å²) in [5.41, 5.74) is 0.802. The van der Waals surface area contributed by atoms with Crippen molar-refractivity contribution in [2.45, 2.75) is 173 Å². The largest absolute Gasteiger partial charge is 0.0530 e. The highest BCUT2D eigenvalue weighted by Crippen LogP contribution is 2.85. The van der Waals surface area contributed by atoms with Gasteiger partial charge in [-0.2, -0.15) is 0 Å². The average molecular weight is 729 g/mol. The standard InChI is InChI=1S/C54H80/c1-3-11-32-28(9-1)26-42-34(32)21-23-38-46(42)40-19-17-30-25-31-18-20-41-47-39(24-22-35-33-12-4-2-10-29(33)27-43(35)47)49-37-14-6-8-16-45(37)54(53(31)51(41)49)44-15-7-5-13-36(44)48(38)50(40)52(30)54/h28-53H,1-27H2. The lowest BCUT2D eigenvalue weighted by atomic mass is 9.27. The van der Waals surface area contributed by atoms with Gasteiger partial charge in [0.2, 0.25) is 0 Å². The molecule has 0 heterocycles. The fourth-order valence-electron chi connectivity index (χ4n) is 26.4. The Balaban J connectivity index is 0.880. The monoisotopic (exact) mass is 729 g/mol. The van der Waals surface area contributed by atoms with Gasteiger partial charge >= 0.3 is 0 Å². The Hall–Kier alpha value is 0. The van der Waals surface area contributed by atoms with Gasteiger partial charge in [-0.25, -0.2) is 0 Å². The molecule has 26 atom stereocenters. The molecule has 0 radical (unpaired) electrons. The first-order chi connectivity index (χ1) is 26.8. The van der Waals surface area contributed by atoms with Gasteiger partial charge in [-0.05, 0) is 268 Å². The molecule has 0 saturated heterocycles. The predicted octanol–water partition coefficient (Wildman–Crippen LogP) is 13.7. The lowest BCUT2D eigenvalue weighted by molar-refractivity contribution is -0.300. The first kappa shape index (κ1) is 32.8. The van der Waals surface area contributed by atoms with Gasteiger partial charge in [-0.3, -0.25) is 0 Å². The van der Waals surface area contributed by atoms with Gasteiger partial charge in [0.05, 0.1) is 0 Å². The molecule has 15 aliphatic carbocycles. The molecule has 0 aromatic carbocycles. The van der Waals surface area contributed by atoms with E-state index in [9.17, 15) is 0 Å². The van der Waals surface area contributed by atoms with E-state index in [1.165, 1.54) is 130 Å². The molecule has 15 saturated carbocycles. The highest BCUT2D eigenvalue weighted by atomic mass is 14.8. The van der Waals surface area contributed by atoms with Crippen LogP contribution in [0.1, 0.15) is 173 Å². The SMILES string of the molecule is C1CCC2C(C1)CC1C2CCC2C1C1CCC3CC4CCC5C6C7CC8CCCCC8C7CCC6C6C7CCCCC7C7(C8CCCCC8C2C1C37)C4C56. The topological polar surface area (TPSA) is 0 Å². The second kappa shape index (κ2) is 11.6. The normalized spacial score (nSPS) is 67.6.